The number of benzene rings is 4. The summed E-state index contributed by atoms with van der Waals surface area (Å²) in [5.41, 5.74) is 17.8. The third-order valence-electron chi connectivity index (χ3n) is 10.1. The van der Waals surface area contributed by atoms with Crippen LogP contribution in [0.5, 0.6) is 0 Å². The maximum atomic E-state index is 5.76. The number of hydrogen-bond donors (Lipinski definition) is 2. The van der Waals surface area contributed by atoms with Gasteiger partial charge in [-0.1, -0.05) is 72.2 Å². The molecule has 7 aromatic rings. The smallest absolute Gasteiger partial charge is 0.0737 e. The summed E-state index contributed by atoms with van der Waals surface area (Å²) in [6.07, 6.45) is 29.1. The molecule has 0 spiro atoms. The molecule has 0 radical (unpaired) electrons. The predicted octanol–water partition coefficient (Wildman–Crippen LogP) is 11.4. The van der Waals surface area contributed by atoms with Crippen molar-refractivity contribution in [2.24, 2.45) is 4.99 Å². The lowest BCUT2D eigenvalue weighted by Crippen LogP contribution is -1.89. The molecular weight excluding hydrogens is 681 g/mol. The van der Waals surface area contributed by atoms with Crippen LogP contribution < -0.4 is 0 Å². The molecule has 0 saturated carbocycles. The molecule has 4 heteroatoms. The molecule has 8 bridgehead atoms. The van der Waals surface area contributed by atoms with E-state index in [1.54, 1.807) is 0 Å². The van der Waals surface area contributed by atoms with Gasteiger partial charge in [0.2, 0.25) is 0 Å². The summed E-state index contributed by atoms with van der Waals surface area (Å²) in [4.78, 5) is 18.0. The highest BCUT2D eigenvalue weighted by molar-refractivity contribution is 6.05. The molecule has 258 valence electrons. The molecule has 2 aliphatic heterocycles. The Balaban J connectivity index is 1.45. The van der Waals surface area contributed by atoms with E-state index in [1.807, 2.05) is 91.1 Å². The first-order chi connectivity index (χ1) is 27.5. The highest BCUT2D eigenvalue weighted by atomic mass is 14.8. The lowest BCUT2D eigenvalue weighted by atomic mass is 9.99. The van der Waals surface area contributed by atoms with E-state index in [2.05, 4.69) is 88.3 Å². The maximum absolute atomic E-state index is 5.76. The van der Waals surface area contributed by atoms with E-state index in [9.17, 15) is 0 Å². The van der Waals surface area contributed by atoms with Crippen molar-refractivity contribution in [3.8, 4) is 93.9 Å². The molecule has 0 fully saturated rings. The zero-order valence-electron chi connectivity index (χ0n) is 30.1. The lowest BCUT2D eigenvalue weighted by Gasteiger charge is -2.07. The zero-order chi connectivity index (χ0) is 38.2. The Morgan fingerprint density at radius 3 is 1.12 bits per heavy atom. The fourth-order valence-electron chi connectivity index (χ4n) is 7.38. The molecule has 2 N–H and O–H groups in total. The third-order valence-corrected chi connectivity index (χ3v) is 10.1. The van der Waals surface area contributed by atoms with E-state index < -0.39 is 0 Å². The molecule has 0 saturated heterocycles. The SMILES string of the molecule is C#Cc1ccc(-c2c3cc(c(-c4ccc(C#C)cc4)c4ccc([nH]4)c(-c4ccc(C#C)cc4)c4nc(c(-c5ccc(C#C)cc5)c5ccc2[nH]5)C=C4)N=C3)cc1. The first kappa shape index (κ1) is 33.5. The van der Waals surface area contributed by atoms with E-state index in [-0.39, 0.29) is 0 Å². The lowest BCUT2D eigenvalue weighted by molar-refractivity contribution is 1.32. The maximum Gasteiger partial charge on any atom is 0.0737 e. The zero-order valence-corrected chi connectivity index (χ0v) is 30.1. The Labute approximate surface area is 325 Å². The highest BCUT2D eigenvalue weighted by Crippen LogP contribution is 2.40. The third kappa shape index (κ3) is 5.97. The Hall–Kier alpha value is -8.28. The van der Waals surface area contributed by atoms with Gasteiger partial charge in [0.25, 0.3) is 0 Å². The molecule has 4 nitrogen and oxygen atoms in total. The Kier molecular flexibility index (Phi) is 8.35. The van der Waals surface area contributed by atoms with Crippen molar-refractivity contribution >= 4 is 46.1 Å². The molecule has 0 unspecified atom stereocenters. The first-order valence-corrected chi connectivity index (χ1v) is 18.0. The van der Waals surface area contributed by atoms with Crippen LogP contribution in [-0.4, -0.2) is 21.2 Å². The second-order valence-corrected chi connectivity index (χ2v) is 13.4. The number of fused-ring (bicyclic) bond motifs is 8. The van der Waals surface area contributed by atoms with Gasteiger partial charge in [0.05, 0.1) is 17.1 Å². The van der Waals surface area contributed by atoms with Crippen molar-refractivity contribution in [1.29, 1.82) is 0 Å². The van der Waals surface area contributed by atoms with Gasteiger partial charge in [-0.25, -0.2) is 4.98 Å². The topological polar surface area (TPSA) is 56.8 Å². The van der Waals surface area contributed by atoms with Crippen LogP contribution in [0.3, 0.4) is 0 Å². The van der Waals surface area contributed by atoms with E-state index >= 15 is 0 Å². The fraction of sp³-hybridized carbons (Fsp3) is 0. The summed E-state index contributed by atoms with van der Waals surface area (Å²) in [6.45, 7) is 0. The molecule has 56 heavy (non-hydrogen) atoms. The van der Waals surface area contributed by atoms with Gasteiger partial charge >= 0.3 is 0 Å². The first-order valence-electron chi connectivity index (χ1n) is 18.0. The number of terminal acetylenes is 4. The van der Waals surface area contributed by atoms with Crippen molar-refractivity contribution in [3.05, 3.63) is 167 Å². The van der Waals surface area contributed by atoms with Gasteiger partial charge in [0.15, 0.2) is 0 Å². The van der Waals surface area contributed by atoms with Crippen LogP contribution in [0.2, 0.25) is 0 Å². The highest BCUT2D eigenvalue weighted by Gasteiger charge is 2.19. The summed E-state index contributed by atoms with van der Waals surface area (Å²) in [5.74, 6) is 11.0. The van der Waals surface area contributed by atoms with Crippen LogP contribution in [0.15, 0.2) is 132 Å². The van der Waals surface area contributed by atoms with Gasteiger partial charge in [-0.2, -0.15) is 0 Å². The summed E-state index contributed by atoms with van der Waals surface area (Å²) >= 11 is 0. The Morgan fingerprint density at radius 2 is 0.732 bits per heavy atom. The minimum atomic E-state index is 0.798. The van der Waals surface area contributed by atoms with Crippen molar-refractivity contribution < 1.29 is 0 Å². The predicted molar refractivity (Wildman–Crippen MR) is 233 cm³/mol. The summed E-state index contributed by atoms with van der Waals surface area (Å²) in [6, 6.07) is 42.5. The fourth-order valence-corrected chi connectivity index (χ4v) is 7.38. The minimum absolute atomic E-state index is 0.798. The number of aromatic amines is 2. The number of nitrogens with one attached hydrogen (secondary N) is 2. The molecule has 0 atom stereocenters. The molecular formula is C52H30N4. The number of hydrogen-bond acceptors (Lipinski definition) is 2. The van der Waals surface area contributed by atoms with E-state index in [0.29, 0.717) is 0 Å². The van der Waals surface area contributed by atoms with Crippen LogP contribution in [0.25, 0.3) is 78.7 Å². The van der Waals surface area contributed by atoms with Gasteiger partial charge in [-0.05, 0) is 113 Å². The standard InChI is InChI=1S/C52H30N4/c1-5-33-9-17-37(18-10-33)49-41-31-48(53-32-41)52(40-23-15-36(8-4)16-24-40)47-30-29-46(56-47)51(39-21-13-35(7-3)14-22-39)45-28-27-44(55-45)50(43-26-25-42(49)54-43)38-19-11-34(6-2)12-20-38/h1-4,9-32,54,56H. The summed E-state index contributed by atoms with van der Waals surface area (Å²) in [7, 11) is 0. The van der Waals surface area contributed by atoms with E-state index in [4.69, 9.17) is 35.7 Å². The number of rotatable bonds is 4. The summed E-state index contributed by atoms with van der Waals surface area (Å²) in [5, 5.41) is 0. The van der Waals surface area contributed by atoms with Crippen LogP contribution in [0, 0.1) is 49.4 Å². The van der Waals surface area contributed by atoms with Crippen molar-refractivity contribution in [1.82, 2.24) is 15.0 Å². The second-order valence-electron chi connectivity index (χ2n) is 13.4. The number of aromatic nitrogens is 3. The Bertz CT molecular complexity index is 2700. The van der Waals surface area contributed by atoms with Crippen molar-refractivity contribution in [3.63, 3.8) is 0 Å². The molecule has 2 aliphatic rings. The molecule has 4 aromatic carbocycles. The average molecular weight is 711 g/mol. The van der Waals surface area contributed by atoms with Crippen LogP contribution in [-0.2, 0) is 0 Å². The molecule has 0 amide bonds. The number of H-pyrrole nitrogens is 2. The Morgan fingerprint density at radius 1 is 0.393 bits per heavy atom. The molecule has 9 rings (SSSR count). The second kappa shape index (κ2) is 13.9. The largest absolute Gasteiger partial charge is 0.354 e. The van der Waals surface area contributed by atoms with Crippen LogP contribution in [0.1, 0.15) is 39.2 Å². The molecule has 0 aliphatic carbocycles. The van der Waals surface area contributed by atoms with E-state index in [0.717, 1.165) is 111 Å². The van der Waals surface area contributed by atoms with Gasteiger partial charge in [0, 0.05) is 78.4 Å². The average Bonchev–Trinajstić information content (AvgIpc) is 4.10. The van der Waals surface area contributed by atoms with Gasteiger partial charge in [-0.15, -0.1) is 25.7 Å². The van der Waals surface area contributed by atoms with Crippen molar-refractivity contribution in [2.75, 3.05) is 0 Å². The number of aliphatic imine (C=N–C) groups is 1. The van der Waals surface area contributed by atoms with Crippen LogP contribution in [0.4, 0.5) is 5.69 Å². The monoisotopic (exact) mass is 710 g/mol. The minimum Gasteiger partial charge on any atom is -0.354 e. The summed E-state index contributed by atoms with van der Waals surface area (Å²) < 4.78 is 0. The van der Waals surface area contributed by atoms with Gasteiger partial charge < -0.3 is 9.97 Å². The van der Waals surface area contributed by atoms with Crippen molar-refractivity contribution in [2.45, 2.75) is 0 Å². The van der Waals surface area contributed by atoms with Gasteiger partial charge in [0.1, 0.15) is 0 Å². The molecule has 5 heterocycles. The quantitative estimate of drug-likeness (QED) is 0.176. The number of nitrogens with zero attached hydrogens (tertiary/aromatic N) is 2. The normalized spacial score (nSPS) is 11.4. The van der Waals surface area contributed by atoms with Crippen LogP contribution >= 0.6 is 0 Å². The van der Waals surface area contributed by atoms with E-state index in [1.165, 1.54) is 0 Å². The van der Waals surface area contributed by atoms with Gasteiger partial charge in [-0.3, -0.25) is 4.99 Å². The molecule has 3 aromatic heterocycles.